The summed E-state index contributed by atoms with van der Waals surface area (Å²) in [5, 5.41) is 6.08. The lowest BCUT2D eigenvalue weighted by molar-refractivity contribution is -0.116. The fourth-order valence-corrected chi connectivity index (χ4v) is 2.26. The summed E-state index contributed by atoms with van der Waals surface area (Å²) in [5.41, 5.74) is 1.65. The van der Waals surface area contributed by atoms with Gasteiger partial charge in [-0.25, -0.2) is 4.39 Å². The van der Waals surface area contributed by atoms with Gasteiger partial charge in [0.1, 0.15) is 12.4 Å². The van der Waals surface area contributed by atoms with Crippen molar-refractivity contribution in [1.82, 2.24) is 9.88 Å². The number of hydrogen-bond acceptors (Lipinski definition) is 2. The fraction of sp³-hybridized carbons (Fsp3) is 0.312. The number of benzene rings is 1. The number of aromatic nitrogens is 1. The monoisotopic (exact) mass is 289 g/mol. The van der Waals surface area contributed by atoms with Crippen LogP contribution in [0.1, 0.15) is 25.6 Å². The highest BCUT2D eigenvalue weighted by atomic mass is 19.1. The zero-order valence-electron chi connectivity index (χ0n) is 12.3. The fourth-order valence-electron chi connectivity index (χ4n) is 2.26. The van der Waals surface area contributed by atoms with Gasteiger partial charge in [0.15, 0.2) is 0 Å². The van der Waals surface area contributed by atoms with Gasteiger partial charge in [-0.1, -0.05) is 6.92 Å². The molecule has 1 heterocycles. The van der Waals surface area contributed by atoms with Gasteiger partial charge in [-0.3, -0.25) is 4.79 Å². The molecule has 1 aromatic carbocycles. The molecule has 0 saturated heterocycles. The van der Waals surface area contributed by atoms with E-state index in [-0.39, 0.29) is 24.3 Å². The molecular weight excluding hydrogens is 269 g/mol. The molecule has 2 N–H and O–H groups in total. The molecule has 21 heavy (non-hydrogen) atoms. The van der Waals surface area contributed by atoms with E-state index in [0.717, 1.165) is 12.2 Å². The van der Waals surface area contributed by atoms with Crippen molar-refractivity contribution >= 4 is 11.6 Å². The van der Waals surface area contributed by atoms with Crippen LogP contribution in [0.25, 0.3) is 0 Å². The molecule has 112 valence electrons. The number of nitrogens with zero attached hydrogens (tertiary/aromatic N) is 1. The van der Waals surface area contributed by atoms with Gasteiger partial charge in [0.25, 0.3) is 0 Å². The maximum Gasteiger partial charge on any atom is 0.244 e. The van der Waals surface area contributed by atoms with Crippen LogP contribution in [-0.4, -0.2) is 17.0 Å². The minimum Gasteiger partial charge on any atom is -0.341 e. The van der Waals surface area contributed by atoms with E-state index in [0.29, 0.717) is 5.69 Å². The summed E-state index contributed by atoms with van der Waals surface area (Å²) in [7, 11) is 0. The predicted molar refractivity (Wildman–Crippen MR) is 81.6 cm³/mol. The Morgan fingerprint density at radius 3 is 2.67 bits per heavy atom. The summed E-state index contributed by atoms with van der Waals surface area (Å²) in [6, 6.07) is 9.85. The lowest BCUT2D eigenvalue weighted by atomic mass is 10.2. The van der Waals surface area contributed by atoms with Crippen LogP contribution in [0.2, 0.25) is 0 Å². The first-order valence-corrected chi connectivity index (χ1v) is 7.04. The summed E-state index contributed by atoms with van der Waals surface area (Å²) in [6.45, 7) is 5.21. The van der Waals surface area contributed by atoms with Crippen molar-refractivity contribution in [3.63, 3.8) is 0 Å². The first-order valence-electron chi connectivity index (χ1n) is 7.04. The van der Waals surface area contributed by atoms with Gasteiger partial charge in [-0.2, -0.15) is 0 Å². The van der Waals surface area contributed by atoms with Gasteiger partial charge in [0.2, 0.25) is 5.91 Å². The van der Waals surface area contributed by atoms with E-state index in [1.54, 1.807) is 12.1 Å². The van der Waals surface area contributed by atoms with Crippen molar-refractivity contribution in [3.05, 3.63) is 54.1 Å². The number of halogens is 1. The molecule has 1 aromatic heterocycles. The van der Waals surface area contributed by atoms with Crippen LogP contribution in [0.3, 0.4) is 0 Å². The van der Waals surface area contributed by atoms with Crippen LogP contribution < -0.4 is 10.6 Å². The number of rotatable bonds is 6. The molecule has 0 radical (unpaired) electrons. The third kappa shape index (κ3) is 4.16. The molecule has 0 saturated carbocycles. The summed E-state index contributed by atoms with van der Waals surface area (Å²) in [6.07, 6.45) is 1.88. The van der Waals surface area contributed by atoms with Crippen LogP contribution in [0.4, 0.5) is 10.1 Å². The number of carbonyl (C=O) groups excluding carboxylic acids is 1. The highest BCUT2D eigenvalue weighted by molar-refractivity contribution is 5.90. The molecule has 0 bridgehead atoms. The van der Waals surface area contributed by atoms with Gasteiger partial charge in [-0.05, 0) is 49.9 Å². The van der Waals surface area contributed by atoms with Gasteiger partial charge >= 0.3 is 0 Å². The Hall–Kier alpha value is -2.14. The molecule has 2 rings (SSSR count). The van der Waals surface area contributed by atoms with Crippen molar-refractivity contribution in [2.45, 2.75) is 26.4 Å². The Morgan fingerprint density at radius 1 is 1.29 bits per heavy atom. The minimum absolute atomic E-state index is 0.136. The molecule has 0 aliphatic carbocycles. The zero-order valence-corrected chi connectivity index (χ0v) is 12.3. The molecule has 2 aromatic rings. The maximum absolute atomic E-state index is 12.8. The molecule has 0 fully saturated rings. The highest BCUT2D eigenvalue weighted by Gasteiger charge is 2.11. The van der Waals surface area contributed by atoms with E-state index in [2.05, 4.69) is 17.6 Å². The minimum atomic E-state index is -0.319. The summed E-state index contributed by atoms with van der Waals surface area (Å²) < 4.78 is 14.7. The molecule has 0 aliphatic heterocycles. The third-order valence-electron chi connectivity index (χ3n) is 3.26. The molecule has 1 atom stereocenters. The zero-order chi connectivity index (χ0) is 15.2. The normalized spacial score (nSPS) is 12.1. The average Bonchev–Trinajstić information content (AvgIpc) is 2.90. The standard InChI is InChI=1S/C16H20FN3O/c1-3-18-12(2)15-5-4-10-20(15)11-16(21)19-14-8-6-13(17)7-9-14/h4-10,12,18H,3,11H2,1-2H3,(H,19,21). The second-order valence-corrected chi connectivity index (χ2v) is 4.90. The van der Waals surface area contributed by atoms with Gasteiger partial charge in [0.05, 0.1) is 0 Å². The second kappa shape index (κ2) is 7.04. The van der Waals surface area contributed by atoms with Crippen LogP contribution in [0, 0.1) is 5.82 Å². The van der Waals surface area contributed by atoms with Crippen LogP contribution in [0.5, 0.6) is 0 Å². The number of anilines is 1. The molecular formula is C16H20FN3O. The Kier molecular flexibility index (Phi) is 5.11. The van der Waals surface area contributed by atoms with Crippen LogP contribution in [-0.2, 0) is 11.3 Å². The van der Waals surface area contributed by atoms with Crippen molar-refractivity contribution in [2.75, 3.05) is 11.9 Å². The largest absolute Gasteiger partial charge is 0.341 e. The van der Waals surface area contributed by atoms with Gasteiger partial charge in [0, 0.05) is 23.6 Å². The predicted octanol–water partition coefficient (Wildman–Crippen LogP) is 2.94. The van der Waals surface area contributed by atoms with Crippen LogP contribution >= 0.6 is 0 Å². The molecule has 4 nitrogen and oxygen atoms in total. The van der Waals surface area contributed by atoms with Crippen molar-refractivity contribution in [3.8, 4) is 0 Å². The number of carbonyl (C=O) groups is 1. The molecule has 0 aliphatic rings. The Bertz CT molecular complexity index is 592. The number of amides is 1. The summed E-state index contributed by atoms with van der Waals surface area (Å²) in [5.74, 6) is -0.456. The maximum atomic E-state index is 12.8. The van der Waals surface area contributed by atoms with Crippen LogP contribution in [0.15, 0.2) is 42.6 Å². The Labute approximate surface area is 124 Å². The highest BCUT2D eigenvalue weighted by Crippen LogP contribution is 2.14. The molecule has 5 heteroatoms. The summed E-state index contributed by atoms with van der Waals surface area (Å²) in [4.78, 5) is 12.1. The van der Waals surface area contributed by atoms with Crippen molar-refractivity contribution in [2.24, 2.45) is 0 Å². The smallest absolute Gasteiger partial charge is 0.244 e. The average molecular weight is 289 g/mol. The lowest BCUT2D eigenvalue weighted by Gasteiger charge is -2.16. The third-order valence-corrected chi connectivity index (χ3v) is 3.26. The number of hydrogen-bond donors (Lipinski definition) is 2. The first-order chi connectivity index (χ1) is 10.1. The van der Waals surface area contributed by atoms with Gasteiger partial charge in [-0.15, -0.1) is 0 Å². The van der Waals surface area contributed by atoms with Crippen molar-refractivity contribution < 1.29 is 9.18 Å². The second-order valence-electron chi connectivity index (χ2n) is 4.90. The molecule has 1 amide bonds. The van der Waals surface area contributed by atoms with E-state index in [1.165, 1.54) is 12.1 Å². The Morgan fingerprint density at radius 2 is 2.00 bits per heavy atom. The topological polar surface area (TPSA) is 46.1 Å². The van der Waals surface area contributed by atoms with E-state index in [4.69, 9.17) is 0 Å². The first kappa shape index (κ1) is 15.3. The summed E-state index contributed by atoms with van der Waals surface area (Å²) >= 11 is 0. The lowest BCUT2D eigenvalue weighted by Crippen LogP contribution is -2.24. The molecule has 0 spiro atoms. The quantitative estimate of drug-likeness (QED) is 0.859. The molecule has 1 unspecified atom stereocenters. The van der Waals surface area contributed by atoms with Gasteiger partial charge < -0.3 is 15.2 Å². The van der Waals surface area contributed by atoms with Crippen molar-refractivity contribution in [1.29, 1.82) is 0 Å². The van der Waals surface area contributed by atoms with E-state index < -0.39 is 0 Å². The SMILES string of the molecule is CCNC(C)c1cccn1CC(=O)Nc1ccc(F)cc1. The van der Waals surface area contributed by atoms with E-state index in [1.807, 2.05) is 29.8 Å². The Balaban J connectivity index is 2.00. The van der Waals surface area contributed by atoms with E-state index >= 15 is 0 Å². The number of nitrogens with one attached hydrogen (secondary N) is 2. The van der Waals surface area contributed by atoms with E-state index in [9.17, 15) is 9.18 Å².